The largest absolute Gasteiger partial charge is 0.469 e. The molecule has 108 valence electrons. The van der Waals surface area contributed by atoms with E-state index in [0.717, 1.165) is 24.2 Å². The van der Waals surface area contributed by atoms with Crippen molar-refractivity contribution >= 4 is 11.8 Å². The zero-order chi connectivity index (χ0) is 13.9. The minimum absolute atomic E-state index is 0.278. The summed E-state index contributed by atoms with van der Waals surface area (Å²) in [5.41, 5.74) is 0.858. The Labute approximate surface area is 122 Å². The van der Waals surface area contributed by atoms with Crippen LogP contribution in [0.1, 0.15) is 31.4 Å². The van der Waals surface area contributed by atoms with E-state index in [2.05, 4.69) is 10.2 Å². The number of furan rings is 1. The van der Waals surface area contributed by atoms with Crippen molar-refractivity contribution in [1.29, 1.82) is 0 Å². The number of ether oxygens (including phenoxy) is 1. The minimum atomic E-state index is 0.278. The predicted molar refractivity (Wildman–Crippen MR) is 75.6 cm³/mol. The first kappa shape index (κ1) is 13.7. The second kappa shape index (κ2) is 6.01. The van der Waals surface area contributed by atoms with Crippen LogP contribution in [0.4, 0.5) is 0 Å². The molecular formula is C14H18N2O3S. The van der Waals surface area contributed by atoms with Crippen LogP contribution in [0, 0.1) is 6.92 Å². The van der Waals surface area contributed by atoms with Crippen LogP contribution < -0.4 is 0 Å². The number of methoxy groups -OCH3 is 1. The summed E-state index contributed by atoms with van der Waals surface area (Å²) in [5.74, 6) is 1.31. The summed E-state index contributed by atoms with van der Waals surface area (Å²) in [5, 5.41) is 9.22. The van der Waals surface area contributed by atoms with Gasteiger partial charge in [-0.15, -0.1) is 10.2 Å². The van der Waals surface area contributed by atoms with Gasteiger partial charge in [-0.3, -0.25) is 0 Å². The van der Waals surface area contributed by atoms with Crippen molar-refractivity contribution in [3.63, 3.8) is 0 Å². The Bertz CT molecular complexity index is 566. The quantitative estimate of drug-likeness (QED) is 0.857. The Balaban J connectivity index is 1.72. The molecule has 0 aromatic carbocycles. The molecule has 0 N–H and O–H groups in total. The Morgan fingerprint density at radius 3 is 2.90 bits per heavy atom. The number of thioether (sulfide) groups is 1. The fraction of sp³-hybridized carbons (Fsp3) is 0.571. The monoisotopic (exact) mass is 294 g/mol. The van der Waals surface area contributed by atoms with Crippen LogP contribution in [-0.4, -0.2) is 28.7 Å². The minimum Gasteiger partial charge on any atom is -0.469 e. The lowest BCUT2D eigenvalue weighted by molar-refractivity contribution is 0.0760. The fourth-order valence-corrected chi connectivity index (χ4v) is 3.73. The highest BCUT2D eigenvalue weighted by molar-refractivity contribution is 7.99. The number of rotatable bonds is 4. The van der Waals surface area contributed by atoms with Gasteiger partial charge in [0.15, 0.2) is 0 Å². The molecule has 6 heteroatoms. The van der Waals surface area contributed by atoms with Gasteiger partial charge in [0.05, 0.1) is 17.9 Å². The molecule has 0 spiro atoms. The lowest BCUT2D eigenvalue weighted by Crippen LogP contribution is -2.28. The molecule has 2 heterocycles. The van der Waals surface area contributed by atoms with Crippen molar-refractivity contribution < 1.29 is 13.6 Å². The van der Waals surface area contributed by atoms with Gasteiger partial charge in [-0.1, -0.05) is 24.6 Å². The lowest BCUT2D eigenvalue weighted by atomic mass is 9.97. The zero-order valence-electron chi connectivity index (χ0n) is 11.7. The number of hydrogen-bond acceptors (Lipinski definition) is 6. The second-order valence-electron chi connectivity index (χ2n) is 4.98. The summed E-state index contributed by atoms with van der Waals surface area (Å²) in [6, 6.07) is 1.84. The second-order valence-corrected chi connectivity index (χ2v) is 6.17. The smallest absolute Gasteiger partial charge is 0.277 e. The Kier molecular flexibility index (Phi) is 4.12. The summed E-state index contributed by atoms with van der Waals surface area (Å²) < 4.78 is 16.5. The van der Waals surface area contributed by atoms with Gasteiger partial charge >= 0.3 is 0 Å². The van der Waals surface area contributed by atoms with Crippen LogP contribution in [0.5, 0.6) is 0 Å². The molecule has 1 aliphatic rings. The SMILES string of the molecule is CO[C@@H]1CCCC[C@H]1Sc1nnc(-c2ccoc2C)o1. The van der Waals surface area contributed by atoms with E-state index in [1.54, 1.807) is 25.1 Å². The molecule has 0 radical (unpaired) electrons. The molecule has 0 aliphatic heterocycles. The molecule has 0 amide bonds. The molecule has 2 aromatic rings. The Hall–Kier alpha value is -1.27. The predicted octanol–water partition coefficient (Wildman–Crippen LogP) is 3.69. The van der Waals surface area contributed by atoms with Gasteiger partial charge in [-0.25, -0.2) is 0 Å². The van der Waals surface area contributed by atoms with Crippen molar-refractivity contribution in [2.75, 3.05) is 7.11 Å². The maximum Gasteiger partial charge on any atom is 0.277 e. The van der Waals surface area contributed by atoms with E-state index in [9.17, 15) is 0 Å². The van der Waals surface area contributed by atoms with Crippen molar-refractivity contribution in [3.8, 4) is 11.5 Å². The highest BCUT2D eigenvalue weighted by Gasteiger charge is 2.28. The van der Waals surface area contributed by atoms with E-state index in [4.69, 9.17) is 13.6 Å². The number of aryl methyl sites for hydroxylation is 1. The molecule has 1 fully saturated rings. The van der Waals surface area contributed by atoms with Gasteiger partial charge in [0.25, 0.3) is 11.1 Å². The molecule has 1 aliphatic carbocycles. The number of aromatic nitrogens is 2. The van der Waals surface area contributed by atoms with Crippen molar-refractivity contribution in [1.82, 2.24) is 10.2 Å². The summed E-state index contributed by atoms with van der Waals surface area (Å²) in [6.45, 7) is 1.88. The van der Waals surface area contributed by atoms with Crippen LogP contribution in [-0.2, 0) is 4.74 Å². The molecule has 20 heavy (non-hydrogen) atoms. The Morgan fingerprint density at radius 1 is 1.30 bits per heavy atom. The average Bonchev–Trinajstić information content (AvgIpc) is 3.08. The normalized spacial score (nSPS) is 23.1. The van der Waals surface area contributed by atoms with Crippen molar-refractivity contribution in [2.24, 2.45) is 0 Å². The first-order chi connectivity index (χ1) is 9.78. The summed E-state index contributed by atoms with van der Waals surface area (Å²) in [4.78, 5) is 0. The third kappa shape index (κ3) is 2.76. The molecule has 2 atom stereocenters. The topological polar surface area (TPSA) is 61.3 Å². The first-order valence-electron chi connectivity index (χ1n) is 6.85. The van der Waals surface area contributed by atoms with Crippen LogP contribution in [0.3, 0.4) is 0 Å². The third-order valence-electron chi connectivity index (χ3n) is 3.69. The van der Waals surface area contributed by atoms with E-state index >= 15 is 0 Å². The fourth-order valence-electron chi connectivity index (χ4n) is 2.57. The molecule has 5 nitrogen and oxygen atoms in total. The van der Waals surface area contributed by atoms with Gasteiger partial charge in [-0.05, 0) is 25.8 Å². The highest BCUT2D eigenvalue weighted by Crippen LogP contribution is 2.35. The van der Waals surface area contributed by atoms with Gasteiger partial charge in [-0.2, -0.15) is 0 Å². The molecule has 0 saturated heterocycles. The third-order valence-corrected chi connectivity index (χ3v) is 4.90. The highest BCUT2D eigenvalue weighted by atomic mass is 32.2. The van der Waals surface area contributed by atoms with Gasteiger partial charge < -0.3 is 13.6 Å². The van der Waals surface area contributed by atoms with Crippen LogP contribution in [0.25, 0.3) is 11.5 Å². The van der Waals surface area contributed by atoms with E-state index in [1.807, 2.05) is 13.0 Å². The van der Waals surface area contributed by atoms with E-state index in [0.29, 0.717) is 16.4 Å². The molecule has 0 bridgehead atoms. The zero-order valence-corrected chi connectivity index (χ0v) is 12.5. The molecule has 3 rings (SSSR count). The summed E-state index contributed by atoms with van der Waals surface area (Å²) in [6.07, 6.45) is 6.61. The van der Waals surface area contributed by atoms with E-state index < -0.39 is 0 Å². The first-order valence-corrected chi connectivity index (χ1v) is 7.73. The van der Waals surface area contributed by atoms with Gasteiger partial charge in [0, 0.05) is 12.4 Å². The van der Waals surface area contributed by atoms with Crippen molar-refractivity contribution in [2.45, 2.75) is 49.2 Å². The average molecular weight is 294 g/mol. The molecule has 2 aromatic heterocycles. The van der Waals surface area contributed by atoms with Crippen LogP contribution in [0.2, 0.25) is 0 Å². The maximum atomic E-state index is 5.73. The van der Waals surface area contributed by atoms with Gasteiger partial charge in [0.2, 0.25) is 0 Å². The molecule has 0 unspecified atom stereocenters. The van der Waals surface area contributed by atoms with Crippen LogP contribution in [0.15, 0.2) is 26.4 Å². The molecule has 1 saturated carbocycles. The van der Waals surface area contributed by atoms with E-state index in [-0.39, 0.29) is 6.10 Å². The van der Waals surface area contributed by atoms with Gasteiger partial charge in [0.1, 0.15) is 5.76 Å². The van der Waals surface area contributed by atoms with Crippen LogP contribution >= 0.6 is 11.8 Å². The lowest BCUT2D eigenvalue weighted by Gasteiger charge is -2.28. The standard InChI is InChI=1S/C14H18N2O3S/c1-9-10(7-8-18-9)13-15-16-14(19-13)20-12-6-4-3-5-11(12)17-2/h7-8,11-12H,3-6H2,1-2H3/t11-,12-/m1/s1. The summed E-state index contributed by atoms with van der Waals surface area (Å²) in [7, 11) is 1.78. The maximum absolute atomic E-state index is 5.73. The summed E-state index contributed by atoms with van der Waals surface area (Å²) >= 11 is 1.63. The number of hydrogen-bond donors (Lipinski definition) is 0. The molecular weight excluding hydrogens is 276 g/mol. The van der Waals surface area contributed by atoms with Crippen molar-refractivity contribution in [3.05, 3.63) is 18.1 Å². The Morgan fingerprint density at radius 2 is 2.15 bits per heavy atom. The van der Waals surface area contributed by atoms with E-state index in [1.165, 1.54) is 12.8 Å². The number of nitrogens with zero attached hydrogens (tertiary/aromatic N) is 2.